The first-order valence-corrected chi connectivity index (χ1v) is 9.33. The number of nitrogens with zero attached hydrogens (tertiary/aromatic N) is 2. The molecule has 1 N–H and O–H groups in total. The van der Waals surface area contributed by atoms with Crippen molar-refractivity contribution in [3.63, 3.8) is 0 Å². The van der Waals surface area contributed by atoms with E-state index in [1.807, 2.05) is 18.2 Å². The van der Waals surface area contributed by atoms with Crippen molar-refractivity contribution in [2.45, 2.75) is 32.0 Å². The maximum Gasteiger partial charge on any atom is 0.433 e. The van der Waals surface area contributed by atoms with E-state index < -0.39 is 17.7 Å². The Bertz CT molecular complexity index is 1000. The predicted molar refractivity (Wildman–Crippen MR) is 100 cm³/mol. The number of piperidine rings is 1. The van der Waals surface area contributed by atoms with Crippen LogP contribution in [0.5, 0.6) is 0 Å². The number of aromatic nitrogens is 2. The van der Waals surface area contributed by atoms with Crippen molar-refractivity contribution in [3.8, 4) is 0 Å². The number of halogens is 3. The Morgan fingerprint density at radius 3 is 2.64 bits per heavy atom. The van der Waals surface area contributed by atoms with E-state index in [1.54, 1.807) is 6.20 Å². The highest BCUT2D eigenvalue weighted by molar-refractivity contribution is 6.15. The van der Waals surface area contributed by atoms with E-state index in [2.05, 4.69) is 14.9 Å². The van der Waals surface area contributed by atoms with Crippen LogP contribution in [0.4, 0.5) is 13.2 Å². The minimum absolute atomic E-state index is 0.211. The maximum atomic E-state index is 12.9. The molecule has 1 aliphatic heterocycles. The molecule has 0 unspecified atom stereocenters. The molecule has 0 bridgehead atoms. The van der Waals surface area contributed by atoms with Crippen molar-refractivity contribution in [2.24, 2.45) is 0 Å². The molecule has 3 aromatic rings. The fourth-order valence-electron chi connectivity index (χ4n) is 3.69. The van der Waals surface area contributed by atoms with E-state index in [0.717, 1.165) is 36.8 Å². The third-order valence-electron chi connectivity index (χ3n) is 5.12. The van der Waals surface area contributed by atoms with Gasteiger partial charge in [-0.2, -0.15) is 13.2 Å². The highest BCUT2D eigenvalue weighted by Crippen LogP contribution is 2.28. The number of carbonyl (C=O) groups is 1. The van der Waals surface area contributed by atoms with Gasteiger partial charge in [0.1, 0.15) is 11.4 Å². The van der Waals surface area contributed by atoms with Crippen LogP contribution >= 0.6 is 0 Å². The number of H-pyrrole nitrogens is 1. The van der Waals surface area contributed by atoms with Crippen molar-refractivity contribution in [1.29, 1.82) is 0 Å². The van der Waals surface area contributed by atoms with Gasteiger partial charge >= 0.3 is 6.18 Å². The van der Waals surface area contributed by atoms with Crippen LogP contribution in [-0.2, 0) is 12.7 Å². The van der Waals surface area contributed by atoms with E-state index in [0.29, 0.717) is 10.9 Å². The summed E-state index contributed by atoms with van der Waals surface area (Å²) >= 11 is 0. The first-order chi connectivity index (χ1) is 13.4. The lowest BCUT2D eigenvalue weighted by Gasteiger charge is -2.26. The molecule has 3 heterocycles. The molecule has 0 saturated carbocycles. The molecule has 4 nitrogen and oxygen atoms in total. The van der Waals surface area contributed by atoms with Gasteiger partial charge in [0.15, 0.2) is 0 Å². The average Bonchev–Trinajstić information content (AvgIpc) is 3.11. The summed E-state index contributed by atoms with van der Waals surface area (Å²) in [5.74, 6) is -0.521. The average molecular weight is 387 g/mol. The van der Waals surface area contributed by atoms with Crippen LogP contribution in [0, 0.1) is 0 Å². The Morgan fingerprint density at radius 2 is 1.89 bits per heavy atom. The van der Waals surface area contributed by atoms with E-state index in [9.17, 15) is 18.0 Å². The quantitative estimate of drug-likeness (QED) is 0.655. The predicted octanol–water partition coefficient (Wildman–Crippen LogP) is 4.80. The summed E-state index contributed by atoms with van der Waals surface area (Å²) in [6, 6.07) is 9.26. The Morgan fingerprint density at radius 1 is 1.11 bits per heavy atom. The number of pyridine rings is 1. The molecule has 1 fully saturated rings. The van der Waals surface area contributed by atoms with Gasteiger partial charge in [0.2, 0.25) is 5.78 Å². The van der Waals surface area contributed by atoms with Crippen molar-refractivity contribution in [3.05, 3.63) is 65.1 Å². The number of rotatable bonds is 4. The van der Waals surface area contributed by atoms with Gasteiger partial charge in [-0.15, -0.1) is 0 Å². The number of nitrogens with one attached hydrogen (secondary N) is 1. The number of hydrogen-bond acceptors (Lipinski definition) is 3. The molecular weight excluding hydrogens is 367 g/mol. The molecule has 1 saturated heterocycles. The van der Waals surface area contributed by atoms with Gasteiger partial charge in [-0.05, 0) is 55.8 Å². The summed E-state index contributed by atoms with van der Waals surface area (Å²) in [5.41, 5.74) is 0.918. The summed E-state index contributed by atoms with van der Waals surface area (Å²) in [5, 5.41) is 0.707. The third-order valence-corrected chi connectivity index (χ3v) is 5.12. The van der Waals surface area contributed by atoms with Gasteiger partial charge in [0.05, 0.1) is 0 Å². The molecule has 28 heavy (non-hydrogen) atoms. The first kappa shape index (κ1) is 18.7. The second-order valence-electron chi connectivity index (χ2n) is 7.15. The van der Waals surface area contributed by atoms with Crippen molar-refractivity contribution >= 4 is 16.7 Å². The second kappa shape index (κ2) is 7.39. The van der Waals surface area contributed by atoms with Crippen LogP contribution in [0.1, 0.15) is 46.6 Å². The highest BCUT2D eigenvalue weighted by Gasteiger charge is 2.33. The van der Waals surface area contributed by atoms with Crippen LogP contribution in [0.25, 0.3) is 10.9 Å². The van der Waals surface area contributed by atoms with Crippen LogP contribution in [-0.4, -0.2) is 33.7 Å². The van der Waals surface area contributed by atoms with Crippen LogP contribution in [0.3, 0.4) is 0 Å². The van der Waals surface area contributed by atoms with Gasteiger partial charge in [-0.25, -0.2) is 4.98 Å². The number of fused-ring (bicyclic) bond motifs is 1. The van der Waals surface area contributed by atoms with Gasteiger partial charge in [0, 0.05) is 29.2 Å². The Hall–Kier alpha value is -2.67. The monoisotopic (exact) mass is 387 g/mol. The van der Waals surface area contributed by atoms with Crippen molar-refractivity contribution in [1.82, 2.24) is 14.9 Å². The zero-order valence-electron chi connectivity index (χ0n) is 15.2. The van der Waals surface area contributed by atoms with E-state index in [-0.39, 0.29) is 5.69 Å². The lowest BCUT2D eigenvalue weighted by Crippen LogP contribution is -2.29. The molecule has 0 atom stereocenters. The largest absolute Gasteiger partial charge is 0.433 e. The molecule has 146 valence electrons. The SMILES string of the molecule is O=C(c1cccc(C(F)(F)F)n1)c1c[nH]c2ccc(CN3CCCCC3)cc12. The van der Waals surface area contributed by atoms with Crippen LogP contribution in [0.15, 0.2) is 42.6 Å². The molecule has 0 spiro atoms. The highest BCUT2D eigenvalue weighted by atomic mass is 19.4. The fourth-order valence-corrected chi connectivity index (χ4v) is 3.69. The van der Waals surface area contributed by atoms with Gasteiger partial charge in [-0.1, -0.05) is 18.6 Å². The summed E-state index contributed by atoms with van der Waals surface area (Å²) in [6.07, 6.45) is 0.600. The minimum atomic E-state index is -4.59. The van der Waals surface area contributed by atoms with E-state index >= 15 is 0 Å². The third kappa shape index (κ3) is 3.80. The number of alkyl halides is 3. The number of likely N-dealkylation sites (tertiary alicyclic amines) is 1. The molecular formula is C21H20F3N3O. The smallest absolute Gasteiger partial charge is 0.360 e. The number of ketones is 1. The zero-order valence-corrected chi connectivity index (χ0v) is 15.2. The van der Waals surface area contributed by atoms with Crippen LogP contribution < -0.4 is 0 Å². The summed E-state index contributed by atoms with van der Waals surface area (Å²) in [6.45, 7) is 2.92. The van der Waals surface area contributed by atoms with Crippen LogP contribution in [0.2, 0.25) is 0 Å². The first-order valence-electron chi connectivity index (χ1n) is 9.33. The summed E-state index contributed by atoms with van der Waals surface area (Å²) in [7, 11) is 0. The summed E-state index contributed by atoms with van der Waals surface area (Å²) in [4.78, 5) is 21.8. The molecule has 0 amide bonds. The molecule has 0 radical (unpaired) electrons. The standard InChI is InChI=1S/C21H20F3N3O/c22-21(23,24)19-6-4-5-18(26-19)20(28)16-12-25-17-8-7-14(11-15(16)17)13-27-9-2-1-3-10-27/h4-8,11-12,25H,1-3,9-10,13H2. The lowest BCUT2D eigenvalue weighted by molar-refractivity contribution is -0.141. The maximum absolute atomic E-state index is 12.9. The summed E-state index contributed by atoms with van der Waals surface area (Å²) < 4.78 is 38.8. The van der Waals surface area contributed by atoms with E-state index in [4.69, 9.17) is 0 Å². The molecule has 0 aliphatic carbocycles. The van der Waals surface area contributed by atoms with Crippen molar-refractivity contribution < 1.29 is 18.0 Å². The molecule has 7 heteroatoms. The molecule has 1 aliphatic rings. The second-order valence-corrected chi connectivity index (χ2v) is 7.15. The Kier molecular flexibility index (Phi) is 4.93. The molecule has 4 rings (SSSR count). The fraction of sp³-hybridized carbons (Fsp3) is 0.333. The number of aromatic amines is 1. The number of benzene rings is 1. The normalized spacial score (nSPS) is 15.8. The van der Waals surface area contributed by atoms with E-state index in [1.165, 1.54) is 31.4 Å². The lowest BCUT2D eigenvalue weighted by atomic mass is 10.0. The zero-order chi connectivity index (χ0) is 19.7. The number of carbonyl (C=O) groups excluding carboxylic acids is 1. The van der Waals surface area contributed by atoms with Gasteiger partial charge < -0.3 is 4.98 Å². The Balaban J connectivity index is 1.65. The number of hydrogen-bond donors (Lipinski definition) is 1. The van der Waals surface area contributed by atoms with Gasteiger partial charge in [0.25, 0.3) is 0 Å². The minimum Gasteiger partial charge on any atom is -0.360 e. The molecule has 2 aromatic heterocycles. The Labute approximate surface area is 160 Å². The van der Waals surface area contributed by atoms with Gasteiger partial charge in [-0.3, -0.25) is 9.69 Å². The van der Waals surface area contributed by atoms with Crippen molar-refractivity contribution in [2.75, 3.05) is 13.1 Å². The molecule has 1 aromatic carbocycles. The topological polar surface area (TPSA) is 49.0 Å².